The quantitative estimate of drug-likeness (QED) is 0.742. The average molecular weight is 324 g/mol. The number of alkyl halides is 3. The number of nitrogens with one attached hydrogen (secondary N) is 1. The third kappa shape index (κ3) is 6.11. The van der Waals surface area contributed by atoms with E-state index >= 15 is 0 Å². The molecule has 1 aliphatic carbocycles. The van der Waals surface area contributed by atoms with E-state index in [1.54, 1.807) is 18.2 Å². The zero-order valence-electron chi connectivity index (χ0n) is 11.4. The van der Waals surface area contributed by atoms with Crippen LogP contribution in [0, 0.1) is 0 Å². The smallest absolute Gasteiger partial charge is 0.411 e. The van der Waals surface area contributed by atoms with Crippen molar-refractivity contribution in [3.05, 3.63) is 28.8 Å². The molecule has 1 aromatic carbocycles. The predicted octanol–water partition coefficient (Wildman–Crippen LogP) is 3.55. The van der Waals surface area contributed by atoms with E-state index in [1.807, 2.05) is 0 Å². The molecule has 1 N–H and O–H groups in total. The normalized spacial score (nSPS) is 15.2. The molecular weight excluding hydrogens is 307 g/mol. The van der Waals surface area contributed by atoms with Crippen LogP contribution in [0.2, 0.25) is 5.02 Å². The first-order valence-electron chi connectivity index (χ1n) is 6.74. The summed E-state index contributed by atoms with van der Waals surface area (Å²) in [6.45, 7) is -0.751. The number of ether oxygens (including phenoxy) is 2. The van der Waals surface area contributed by atoms with Crippen molar-refractivity contribution in [1.82, 2.24) is 5.32 Å². The molecule has 0 atom stereocenters. The average Bonchev–Trinajstić information content (AvgIpc) is 3.20. The number of hydrogen-bond donors (Lipinski definition) is 1. The van der Waals surface area contributed by atoms with E-state index in [-0.39, 0.29) is 13.2 Å². The topological polar surface area (TPSA) is 30.5 Å². The van der Waals surface area contributed by atoms with Gasteiger partial charge in [-0.25, -0.2) is 0 Å². The first kappa shape index (κ1) is 16.4. The fraction of sp³-hybridized carbons (Fsp3) is 0.571. The molecule has 0 aliphatic heterocycles. The Hall–Kier alpha value is -0.980. The lowest BCUT2D eigenvalue weighted by Gasteiger charge is -2.14. The minimum atomic E-state index is -4.31. The molecule has 0 aromatic heterocycles. The van der Waals surface area contributed by atoms with Crippen molar-refractivity contribution in [1.29, 1.82) is 0 Å². The Morgan fingerprint density at radius 2 is 2.00 bits per heavy atom. The maximum Gasteiger partial charge on any atom is 0.411 e. The SMILES string of the molecule is FC(F)(F)COCCOc1cccc(Cl)c1CNC1CC1. The molecule has 2 rings (SSSR count). The molecule has 118 valence electrons. The lowest BCUT2D eigenvalue weighted by Crippen LogP contribution is -2.20. The van der Waals surface area contributed by atoms with E-state index in [9.17, 15) is 13.2 Å². The lowest BCUT2D eigenvalue weighted by atomic mass is 10.2. The Morgan fingerprint density at radius 1 is 1.24 bits per heavy atom. The zero-order valence-corrected chi connectivity index (χ0v) is 12.1. The number of halogens is 4. The fourth-order valence-electron chi connectivity index (χ4n) is 1.78. The van der Waals surface area contributed by atoms with Crippen LogP contribution in [-0.4, -0.2) is 32.0 Å². The van der Waals surface area contributed by atoms with Crippen molar-refractivity contribution < 1.29 is 22.6 Å². The Labute approximate surface area is 126 Å². The molecule has 0 bridgehead atoms. The molecule has 1 fully saturated rings. The Kier molecular flexibility index (Phi) is 5.72. The standard InChI is InChI=1S/C14H17ClF3NO2/c15-12-2-1-3-13(11(12)8-19-10-4-5-10)21-7-6-20-9-14(16,17)18/h1-3,10,19H,4-9H2. The first-order valence-corrected chi connectivity index (χ1v) is 7.11. The maximum atomic E-state index is 11.9. The summed E-state index contributed by atoms with van der Waals surface area (Å²) in [6.07, 6.45) is -1.99. The number of hydrogen-bond acceptors (Lipinski definition) is 3. The minimum Gasteiger partial charge on any atom is -0.491 e. The van der Waals surface area contributed by atoms with Gasteiger partial charge in [-0.1, -0.05) is 17.7 Å². The summed E-state index contributed by atoms with van der Waals surface area (Å²) in [7, 11) is 0. The van der Waals surface area contributed by atoms with Gasteiger partial charge in [0.25, 0.3) is 0 Å². The molecule has 1 aromatic rings. The predicted molar refractivity (Wildman–Crippen MR) is 73.7 cm³/mol. The summed E-state index contributed by atoms with van der Waals surface area (Å²) in [4.78, 5) is 0. The van der Waals surface area contributed by atoms with Crippen molar-refractivity contribution in [2.75, 3.05) is 19.8 Å². The Morgan fingerprint density at radius 3 is 2.67 bits per heavy atom. The monoisotopic (exact) mass is 323 g/mol. The number of rotatable bonds is 8. The van der Waals surface area contributed by atoms with Crippen molar-refractivity contribution in [3.63, 3.8) is 0 Å². The maximum absolute atomic E-state index is 11.9. The first-order chi connectivity index (χ1) is 9.96. The molecule has 3 nitrogen and oxygen atoms in total. The van der Waals surface area contributed by atoms with Gasteiger partial charge in [0.05, 0.1) is 6.61 Å². The molecule has 1 saturated carbocycles. The highest BCUT2D eigenvalue weighted by Gasteiger charge is 2.27. The molecule has 0 heterocycles. The van der Waals surface area contributed by atoms with Crippen LogP contribution in [0.3, 0.4) is 0 Å². The zero-order chi connectivity index (χ0) is 15.3. The molecule has 1 aliphatic rings. The summed E-state index contributed by atoms with van der Waals surface area (Å²) in [6, 6.07) is 5.79. The van der Waals surface area contributed by atoms with E-state index in [0.717, 1.165) is 18.4 Å². The highest BCUT2D eigenvalue weighted by atomic mass is 35.5. The largest absolute Gasteiger partial charge is 0.491 e. The van der Waals surface area contributed by atoms with Crippen LogP contribution in [0.4, 0.5) is 13.2 Å². The highest BCUT2D eigenvalue weighted by molar-refractivity contribution is 6.31. The van der Waals surface area contributed by atoms with Crippen molar-refractivity contribution >= 4 is 11.6 Å². The minimum absolute atomic E-state index is 0.0485. The highest BCUT2D eigenvalue weighted by Crippen LogP contribution is 2.28. The van der Waals surface area contributed by atoms with Gasteiger partial charge < -0.3 is 14.8 Å². The third-order valence-corrected chi connectivity index (χ3v) is 3.33. The van der Waals surface area contributed by atoms with E-state index in [0.29, 0.717) is 23.4 Å². The van der Waals surface area contributed by atoms with Gasteiger partial charge >= 0.3 is 6.18 Å². The van der Waals surface area contributed by atoms with Gasteiger partial charge in [0, 0.05) is 23.2 Å². The summed E-state index contributed by atoms with van der Waals surface area (Å²) in [5.41, 5.74) is 0.821. The van der Waals surface area contributed by atoms with Gasteiger partial charge in [0.15, 0.2) is 0 Å². The molecule has 0 unspecified atom stereocenters. The van der Waals surface area contributed by atoms with Crippen molar-refractivity contribution in [2.24, 2.45) is 0 Å². The van der Waals surface area contributed by atoms with Gasteiger partial charge in [0.1, 0.15) is 19.0 Å². The molecule has 0 spiro atoms. The Balaban J connectivity index is 1.79. The van der Waals surface area contributed by atoms with Crippen LogP contribution < -0.4 is 10.1 Å². The molecular formula is C14H17ClF3NO2. The van der Waals surface area contributed by atoms with Crippen molar-refractivity contribution in [3.8, 4) is 5.75 Å². The van der Waals surface area contributed by atoms with Crippen LogP contribution in [0.15, 0.2) is 18.2 Å². The lowest BCUT2D eigenvalue weighted by molar-refractivity contribution is -0.175. The van der Waals surface area contributed by atoms with Gasteiger partial charge in [0.2, 0.25) is 0 Å². The van der Waals surface area contributed by atoms with E-state index in [2.05, 4.69) is 10.1 Å². The van der Waals surface area contributed by atoms with Crippen LogP contribution in [0.5, 0.6) is 5.75 Å². The molecule has 21 heavy (non-hydrogen) atoms. The number of benzene rings is 1. The van der Waals surface area contributed by atoms with Gasteiger partial charge in [-0.2, -0.15) is 13.2 Å². The van der Waals surface area contributed by atoms with Gasteiger partial charge in [-0.05, 0) is 25.0 Å². The second kappa shape index (κ2) is 7.33. The van der Waals surface area contributed by atoms with Crippen LogP contribution in [-0.2, 0) is 11.3 Å². The van der Waals surface area contributed by atoms with E-state index in [1.165, 1.54) is 0 Å². The van der Waals surface area contributed by atoms with Crippen LogP contribution in [0.25, 0.3) is 0 Å². The van der Waals surface area contributed by atoms with Gasteiger partial charge in [-0.3, -0.25) is 0 Å². The second-order valence-electron chi connectivity index (χ2n) is 4.89. The van der Waals surface area contributed by atoms with E-state index < -0.39 is 12.8 Å². The summed E-state index contributed by atoms with van der Waals surface area (Å²) in [5, 5.41) is 3.91. The summed E-state index contributed by atoms with van der Waals surface area (Å²) in [5.74, 6) is 0.575. The third-order valence-electron chi connectivity index (χ3n) is 2.97. The molecule has 0 amide bonds. The molecule has 0 saturated heterocycles. The van der Waals surface area contributed by atoms with Gasteiger partial charge in [-0.15, -0.1) is 0 Å². The fourth-order valence-corrected chi connectivity index (χ4v) is 2.01. The van der Waals surface area contributed by atoms with Crippen LogP contribution >= 0.6 is 11.6 Å². The molecule has 0 radical (unpaired) electrons. The molecule has 7 heteroatoms. The Bertz CT molecular complexity index is 464. The van der Waals surface area contributed by atoms with E-state index in [4.69, 9.17) is 16.3 Å². The summed E-state index contributed by atoms with van der Waals surface area (Å²) >= 11 is 6.13. The van der Waals surface area contributed by atoms with Crippen LogP contribution in [0.1, 0.15) is 18.4 Å². The second-order valence-corrected chi connectivity index (χ2v) is 5.30. The van der Waals surface area contributed by atoms with Crippen molar-refractivity contribution in [2.45, 2.75) is 31.6 Å². The summed E-state index contributed by atoms with van der Waals surface area (Å²) < 4.78 is 45.7.